The number of aryl methyl sites for hydroxylation is 1. The highest BCUT2D eigenvalue weighted by Gasteiger charge is 2.29. The number of nitrogens with one attached hydrogen (secondary N) is 1. The number of hydrogen-bond donors (Lipinski definition) is 1. The Kier molecular flexibility index (Phi) is 4.86. The molecule has 1 aliphatic rings. The molecule has 1 aliphatic heterocycles. The highest BCUT2D eigenvalue weighted by Crippen LogP contribution is 2.29. The number of fused-ring (bicyclic) bond motifs is 2. The first-order chi connectivity index (χ1) is 13.8. The summed E-state index contributed by atoms with van der Waals surface area (Å²) in [4.78, 5) is 29.4. The topological polar surface area (TPSA) is 64.0 Å². The first kappa shape index (κ1) is 19.2. The van der Waals surface area contributed by atoms with Gasteiger partial charge in [-0.05, 0) is 48.7 Å². The van der Waals surface area contributed by atoms with Crippen LogP contribution in [-0.2, 0) is 25.6 Å². The zero-order valence-corrected chi connectivity index (χ0v) is 15.4. The van der Waals surface area contributed by atoms with Gasteiger partial charge >= 0.3 is 6.18 Å². The fraction of sp³-hybridized carbons (Fsp3) is 0.286. The molecule has 0 fully saturated rings. The summed E-state index contributed by atoms with van der Waals surface area (Å²) in [6, 6.07) is 9.67. The molecule has 1 amide bonds. The van der Waals surface area contributed by atoms with E-state index in [1.165, 1.54) is 12.1 Å². The minimum Gasteiger partial charge on any atom is -0.352 e. The minimum absolute atomic E-state index is 0.0863. The van der Waals surface area contributed by atoms with Crippen LogP contribution >= 0.6 is 0 Å². The lowest BCUT2D eigenvalue weighted by Gasteiger charge is -2.09. The van der Waals surface area contributed by atoms with Crippen molar-refractivity contribution in [3.05, 3.63) is 75.3 Å². The SMILES string of the molecule is O=C(NCCc1ccc(C(F)(F)F)cc1)c1ccc2c(=O)n3c(nc2c1)CCC3. The second-order valence-corrected chi connectivity index (χ2v) is 7.02. The number of benzene rings is 2. The normalized spacial score (nSPS) is 13.5. The smallest absolute Gasteiger partial charge is 0.352 e. The fourth-order valence-electron chi connectivity index (χ4n) is 3.51. The summed E-state index contributed by atoms with van der Waals surface area (Å²) < 4.78 is 39.4. The van der Waals surface area contributed by atoms with Crippen LogP contribution in [0.3, 0.4) is 0 Å². The van der Waals surface area contributed by atoms with Crippen molar-refractivity contribution in [3.63, 3.8) is 0 Å². The maximum absolute atomic E-state index is 12.6. The number of nitrogens with zero attached hydrogens (tertiary/aromatic N) is 2. The number of hydrogen-bond acceptors (Lipinski definition) is 3. The van der Waals surface area contributed by atoms with Gasteiger partial charge in [0.15, 0.2) is 0 Å². The summed E-state index contributed by atoms with van der Waals surface area (Å²) in [5, 5.41) is 3.23. The average Bonchev–Trinajstić information content (AvgIpc) is 3.16. The van der Waals surface area contributed by atoms with E-state index in [-0.39, 0.29) is 18.0 Å². The van der Waals surface area contributed by atoms with Gasteiger partial charge in [-0.3, -0.25) is 14.2 Å². The molecule has 29 heavy (non-hydrogen) atoms. The Morgan fingerprint density at radius 3 is 2.62 bits per heavy atom. The van der Waals surface area contributed by atoms with Crippen LogP contribution in [0.4, 0.5) is 13.2 Å². The van der Waals surface area contributed by atoms with Crippen LogP contribution in [0.5, 0.6) is 0 Å². The molecular formula is C21H18F3N3O2. The van der Waals surface area contributed by atoms with Gasteiger partial charge in [0.2, 0.25) is 0 Å². The van der Waals surface area contributed by atoms with Crippen molar-refractivity contribution < 1.29 is 18.0 Å². The summed E-state index contributed by atoms with van der Waals surface area (Å²) in [7, 11) is 0. The molecule has 0 aliphatic carbocycles. The van der Waals surface area contributed by atoms with Crippen LogP contribution in [0, 0.1) is 0 Å². The molecule has 0 saturated heterocycles. The highest BCUT2D eigenvalue weighted by molar-refractivity contribution is 5.97. The molecule has 0 atom stereocenters. The van der Waals surface area contributed by atoms with Crippen LogP contribution in [-0.4, -0.2) is 22.0 Å². The monoisotopic (exact) mass is 401 g/mol. The minimum atomic E-state index is -4.36. The number of alkyl halides is 3. The lowest BCUT2D eigenvalue weighted by atomic mass is 10.1. The molecule has 2 aromatic carbocycles. The number of carbonyl (C=O) groups excluding carboxylic acids is 1. The predicted molar refractivity (Wildman–Crippen MR) is 102 cm³/mol. The van der Waals surface area contributed by atoms with E-state index in [0.717, 1.165) is 30.8 Å². The maximum Gasteiger partial charge on any atom is 0.416 e. The van der Waals surface area contributed by atoms with E-state index in [9.17, 15) is 22.8 Å². The van der Waals surface area contributed by atoms with E-state index in [1.54, 1.807) is 22.8 Å². The van der Waals surface area contributed by atoms with Gasteiger partial charge in [0, 0.05) is 25.1 Å². The number of aromatic nitrogens is 2. The van der Waals surface area contributed by atoms with Crippen molar-refractivity contribution in [2.45, 2.75) is 32.0 Å². The van der Waals surface area contributed by atoms with Crippen molar-refractivity contribution >= 4 is 16.8 Å². The van der Waals surface area contributed by atoms with Gasteiger partial charge in [-0.25, -0.2) is 4.98 Å². The first-order valence-corrected chi connectivity index (χ1v) is 9.31. The number of rotatable bonds is 4. The van der Waals surface area contributed by atoms with Crippen molar-refractivity contribution in [1.82, 2.24) is 14.9 Å². The summed E-state index contributed by atoms with van der Waals surface area (Å²) in [6.07, 6.45) is -2.32. The first-order valence-electron chi connectivity index (χ1n) is 9.31. The van der Waals surface area contributed by atoms with E-state index in [2.05, 4.69) is 10.3 Å². The van der Waals surface area contributed by atoms with E-state index >= 15 is 0 Å². The summed E-state index contributed by atoms with van der Waals surface area (Å²) in [6.45, 7) is 0.950. The molecule has 1 N–H and O–H groups in total. The van der Waals surface area contributed by atoms with Crippen molar-refractivity contribution in [2.75, 3.05) is 6.54 Å². The molecule has 150 valence electrons. The molecule has 8 heteroatoms. The van der Waals surface area contributed by atoms with Gasteiger partial charge in [0.05, 0.1) is 16.5 Å². The average molecular weight is 401 g/mol. The molecule has 0 bridgehead atoms. The van der Waals surface area contributed by atoms with E-state index in [4.69, 9.17) is 0 Å². The highest BCUT2D eigenvalue weighted by atomic mass is 19.4. The molecule has 0 radical (unpaired) electrons. The Morgan fingerprint density at radius 1 is 1.14 bits per heavy atom. The predicted octanol–water partition coefficient (Wildman–Crippen LogP) is 3.33. The van der Waals surface area contributed by atoms with Crippen LogP contribution < -0.4 is 10.9 Å². The van der Waals surface area contributed by atoms with Gasteiger partial charge in [-0.2, -0.15) is 13.2 Å². The summed E-state index contributed by atoms with van der Waals surface area (Å²) in [5.41, 5.74) is 0.800. The van der Waals surface area contributed by atoms with Crippen LogP contribution in [0.2, 0.25) is 0 Å². The van der Waals surface area contributed by atoms with Gasteiger partial charge in [0.25, 0.3) is 11.5 Å². The Balaban J connectivity index is 1.43. The largest absolute Gasteiger partial charge is 0.416 e. The van der Waals surface area contributed by atoms with Crippen molar-refractivity contribution in [3.8, 4) is 0 Å². The van der Waals surface area contributed by atoms with E-state index in [1.807, 2.05) is 0 Å². The zero-order valence-electron chi connectivity index (χ0n) is 15.4. The third-order valence-corrected chi connectivity index (χ3v) is 5.06. The molecule has 0 unspecified atom stereocenters. The fourth-order valence-corrected chi connectivity index (χ4v) is 3.51. The summed E-state index contributed by atoms with van der Waals surface area (Å²) in [5.74, 6) is 0.420. The van der Waals surface area contributed by atoms with Gasteiger partial charge in [0.1, 0.15) is 5.82 Å². The Hall–Kier alpha value is -3.16. The zero-order chi connectivity index (χ0) is 20.6. The second-order valence-electron chi connectivity index (χ2n) is 7.02. The van der Waals surface area contributed by atoms with Crippen LogP contribution in [0.25, 0.3) is 10.9 Å². The molecule has 0 spiro atoms. The molecular weight excluding hydrogens is 383 g/mol. The molecule has 3 aromatic rings. The molecule has 2 heterocycles. The third-order valence-electron chi connectivity index (χ3n) is 5.06. The maximum atomic E-state index is 12.6. The number of amides is 1. The Bertz CT molecular complexity index is 1130. The molecule has 5 nitrogen and oxygen atoms in total. The van der Waals surface area contributed by atoms with E-state index in [0.29, 0.717) is 35.0 Å². The lowest BCUT2D eigenvalue weighted by Crippen LogP contribution is -2.26. The summed E-state index contributed by atoms with van der Waals surface area (Å²) >= 11 is 0. The van der Waals surface area contributed by atoms with E-state index < -0.39 is 11.7 Å². The second kappa shape index (κ2) is 7.35. The molecule has 4 rings (SSSR count). The molecule has 1 aromatic heterocycles. The van der Waals surface area contributed by atoms with Crippen molar-refractivity contribution in [2.24, 2.45) is 0 Å². The quantitative estimate of drug-likeness (QED) is 0.729. The van der Waals surface area contributed by atoms with Gasteiger partial charge < -0.3 is 5.32 Å². The standard InChI is InChI=1S/C21H18F3N3O2/c22-21(23,24)15-6-3-13(4-7-15)9-10-25-19(28)14-5-8-16-17(12-14)26-18-2-1-11-27(18)20(16)29/h3-8,12H,1-2,9-11H2,(H,25,28). The van der Waals surface area contributed by atoms with Crippen LogP contribution in [0.1, 0.15) is 33.7 Å². The third kappa shape index (κ3) is 3.87. The lowest BCUT2D eigenvalue weighted by molar-refractivity contribution is -0.137. The number of carbonyl (C=O) groups is 1. The Morgan fingerprint density at radius 2 is 1.90 bits per heavy atom. The number of halogens is 3. The Labute approximate surface area is 164 Å². The van der Waals surface area contributed by atoms with Gasteiger partial charge in [-0.15, -0.1) is 0 Å². The van der Waals surface area contributed by atoms with Crippen LogP contribution in [0.15, 0.2) is 47.3 Å². The van der Waals surface area contributed by atoms with Gasteiger partial charge in [-0.1, -0.05) is 12.1 Å². The molecule has 0 saturated carbocycles. The van der Waals surface area contributed by atoms with Crippen molar-refractivity contribution in [1.29, 1.82) is 0 Å².